The molecule has 25 heavy (non-hydrogen) atoms. The van der Waals surface area contributed by atoms with Crippen LogP contribution in [0.1, 0.15) is 23.2 Å². The summed E-state index contributed by atoms with van der Waals surface area (Å²) >= 11 is 0. The summed E-state index contributed by atoms with van der Waals surface area (Å²) in [4.78, 5) is 19.2. The van der Waals surface area contributed by atoms with Gasteiger partial charge in [0.2, 0.25) is 0 Å². The molecule has 3 aromatic rings. The zero-order valence-corrected chi connectivity index (χ0v) is 13.5. The number of carbonyl (C=O) groups is 1. The SMILES string of the molecule is O=C(Nc1ccc(N2CCCC2)nc1)c1cccc(-n2cnnn2)c1. The molecule has 1 aromatic carbocycles. The minimum Gasteiger partial charge on any atom is -0.357 e. The maximum atomic E-state index is 12.5. The molecule has 3 heterocycles. The number of benzene rings is 1. The third-order valence-corrected chi connectivity index (χ3v) is 4.16. The molecular formula is C17H17N7O. The van der Waals surface area contributed by atoms with E-state index in [9.17, 15) is 4.79 Å². The summed E-state index contributed by atoms with van der Waals surface area (Å²) < 4.78 is 1.50. The molecular weight excluding hydrogens is 318 g/mol. The second-order valence-corrected chi connectivity index (χ2v) is 5.86. The highest BCUT2D eigenvalue weighted by atomic mass is 16.1. The number of amides is 1. The largest absolute Gasteiger partial charge is 0.357 e. The highest BCUT2D eigenvalue weighted by Gasteiger charge is 2.14. The van der Waals surface area contributed by atoms with Crippen LogP contribution in [0.3, 0.4) is 0 Å². The van der Waals surface area contributed by atoms with Gasteiger partial charge < -0.3 is 10.2 Å². The second kappa shape index (κ2) is 6.68. The first kappa shape index (κ1) is 15.3. The summed E-state index contributed by atoms with van der Waals surface area (Å²) in [5.41, 5.74) is 1.91. The van der Waals surface area contributed by atoms with Crippen molar-refractivity contribution in [3.63, 3.8) is 0 Å². The molecule has 1 saturated heterocycles. The quantitative estimate of drug-likeness (QED) is 0.783. The minimum atomic E-state index is -0.203. The second-order valence-electron chi connectivity index (χ2n) is 5.86. The Morgan fingerprint density at radius 2 is 2.00 bits per heavy atom. The molecule has 0 radical (unpaired) electrons. The van der Waals surface area contributed by atoms with Crippen LogP contribution in [0.25, 0.3) is 5.69 Å². The van der Waals surface area contributed by atoms with E-state index in [1.54, 1.807) is 24.4 Å². The summed E-state index contributed by atoms with van der Waals surface area (Å²) in [6.07, 6.45) is 5.59. The molecule has 0 atom stereocenters. The van der Waals surface area contributed by atoms with Crippen molar-refractivity contribution in [3.8, 4) is 5.69 Å². The van der Waals surface area contributed by atoms with Crippen LogP contribution in [0.15, 0.2) is 48.9 Å². The van der Waals surface area contributed by atoms with Gasteiger partial charge in [-0.2, -0.15) is 0 Å². The van der Waals surface area contributed by atoms with Gasteiger partial charge in [-0.05, 0) is 53.6 Å². The lowest BCUT2D eigenvalue weighted by molar-refractivity contribution is 0.102. The van der Waals surface area contributed by atoms with Crippen molar-refractivity contribution in [3.05, 3.63) is 54.5 Å². The van der Waals surface area contributed by atoms with Crippen molar-refractivity contribution in [2.75, 3.05) is 23.3 Å². The first-order valence-corrected chi connectivity index (χ1v) is 8.15. The summed E-state index contributed by atoms with van der Waals surface area (Å²) in [5, 5.41) is 13.9. The van der Waals surface area contributed by atoms with Gasteiger partial charge in [-0.15, -0.1) is 5.10 Å². The fourth-order valence-corrected chi connectivity index (χ4v) is 2.87. The van der Waals surface area contributed by atoms with E-state index >= 15 is 0 Å². The Labute approximate surface area is 144 Å². The van der Waals surface area contributed by atoms with Crippen molar-refractivity contribution < 1.29 is 4.79 Å². The van der Waals surface area contributed by atoms with Gasteiger partial charge in [0.25, 0.3) is 5.91 Å². The molecule has 0 aliphatic carbocycles. The number of carbonyl (C=O) groups excluding carboxylic acids is 1. The van der Waals surface area contributed by atoms with E-state index in [-0.39, 0.29) is 5.91 Å². The highest BCUT2D eigenvalue weighted by Crippen LogP contribution is 2.19. The molecule has 8 nitrogen and oxygen atoms in total. The van der Waals surface area contributed by atoms with Crippen LogP contribution < -0.4 is 10.2 Å². The van der Waals surface area contributed by atoms with E-state index in [2.05, 4.69) is 30.7 Å². The van der Waals surface area contributed by atoms with Gasteiger partial charge in [0.05, 0.1) is 17.6 Å². The maximum absolute atomic E-state index is 12.5. The number of nitrogens with zero attached hydrogens (tertiary/aromatic N) is 6. The Balaban J connectivity index is 1.47. The minimum absolute atomic E-state index is 0.203. The Bertz CT molecular complexity index is 855. The zero-order chi connectivity index (χ0) is 17.1. The van der Waals surface area contributed by atoms with Gasteiger partial charge in [-0.1, -0.05) is 6.07 Å². The molecule has 1 amide bonds. The van der Waals surface area contributed by atoms with Crippen LogP contribution in [0.2, 0.25) is 0 Å². The smallest absolute Gasteiger partial charge is 0.255 e. The van der Waals surface area contributed by atoms with Gasteiger partial charge in [0, 0.05) is 18.7 Å². The third-order valence-electron chi connectivity index (χ3n) is 4.16. The van der Waals surface area contributed by atoms with Crippen molar-refractivity contribution in [2.24, 2.45) is 0 Å². The molecule has 0 unspecified atom stereocenters. The van der Waals surface area contributed by atoms with Gasteiger partial charge >= 0.3 is 0 Å². The number of hydrogen-bond acceptors (Lipinski definition) is 6. The number of aromatic nitrogens is 5. The molecule has 0 bridgehead atoms. The number of pyridine rings is 1. The summed E-state index contributed by atoms with van der Waals surface area (Å²) in [5.74, 6) is 0.752. The Morgan fingerprint density at radius 1 is 1.12 bits per heavy atom. The van der Waals surface area contributed by atoms with Crippen molar-refractivity contribution >= 4 is 17.4 Å². The number of rotatable bonds is 4. The van der Waals surface area contributed by atoms with Crippen molar-refractivity contribution in [1.29, 1.82) is 0 Å². The highest BCUT2D eigenvalue weighted by molar-refractivity contribution is 6.04. The fraction of sp³-hybridized carbons (Fsp3) is 0.235. The van der Waals surface area contributed by atoms with Crippen LogP contribution in [0.4, 0.5) is 11.5 Å². The standard InChI is InChI=1S/C17H17N7O/c25-17(13-4-3-5-15(10-13)24-12-19-21-22-24)20-14-6-7-16(18-11-14)23-8-1-2-9-23/h3-7,10-12H,1-2,8-9H2,(H,20,25). The van der Waals surface area contributed by atoms with Gasteiger partial charge in [-0.3, -0.25) is 4.79 Å². The lowest BCUT2D eigenvalue weighted by Crippen LogP contribution is -2.19. The topological polar surface area (TPSA) is 88.8 Å². The predicted octanol–water partition coefficient (Wildman–Crippen LogP) is 1.91. The molecule has 1 aliphatic heterocycles. The number of anilines is 2. The molecule has 1 aliphatic rings. The molecule has 0 spiro atoms. The van der Waals surface area contributed by atoms with Crippen LogP contribution in [-0.4, -0.2) is 44.2 Å². The van der Waals surface area contributed by atoms with E-state index in [1.165, 1.54) is 23.9 Å². The Kier molecular flexibility index (Phi) is 4.07. The van der Waals surface area contributed by atoms with Crippen LogP contribution >= 0.6 is 0 Å². The normalized spacial score (nSPS) is 13.8. The summed E-state index contributed by atoms with van der Waals surface area (Å²) in [6.45, 7) is 2.09. The predicted molar refractivity (Wildman–Crippen MR) is 92.8 cm³/mol. The van der Waals surface area contributed by atoms with E-state index < -0.39 is 0 Å². The number of hydrogen-bond donors (Lipinski definition) is 1. The van der Waals surface area contributed by atoms with E-state index in [0.29, 0.717) is 11.3 Å². The lowest BCUT2D eigenvalue weighted by atomic mass is 10.2. The van der Waals surface area contributed by atoms with E-state index in [1.807, 2.05) is 18.2 Å². The molecule has 2 aromatic heterocycles. The zero-order valence-electron chi connectivity index (χ0n) is 13.5. The van der Waals surface area contributed by atoms with Gasteiger partial charge in [-0.25, -0.2) is 9.67 Å². The van der Waals surface area contributed by atoms with Gasteiger partial charge in [0.1, 0.15) is 12.1 Å². The summed E-state index contributed by atoms with van der Waals surface area (Å²) in [6, 6.07) is 10.9. The molecule has 1 N–H and O–H groups in total. The Hall–Kier alpha value is -3.29. The number of nitrogens with one attached hydrogen (secondary N) is 1. The van der Waals surface area contributed by atoms with Crippen LogP contribution in [0.5, 0.6) is 0 Å². The molecule has 8 heteroatoms. The van der Waals surface area contributed by atoms with E-state index in [0.717, 1.165) is 24.6 Å². The summed E-state index contributed by atoms with van der Waals surface area (Å²) in [7, 11) is 0. The first-order valence-electron chi connectivity index (χ1n) is 8.15. The molecule has 4 rings (SSSR count). The first-order chi connectivity index (χ1) is 12.3. The Morgan fingerprint density at radius 3 is 2.72 bits per heavy atom. The fourth-order valence-electron chi connectivity index (χ4n) is 2.87. The number of tetrazole rings is 1. The molecule has 126 valence electrons. The van der Waals surface area contributed by atoms with Crippen molar-refractivity contribution in [1.82, 2.24) is 25.2 Å². The van der Waals surface area contributed by atoms with E-state index in [4.69, 9.17) is 0 Å². The van der Waals surface area contributed by atoms with Gasteiger partial charge in [0.15, 0.2) is 0 Å². The molecule has 1 fully saturated rings. The maximum Gasteiger partial charge on any atom is 0.255 e. The average Bonchev–Trinajstić information content (AvgIpc) is 3.36. The monoisotopic (exact) mass is 335 g/mol. The lowest BCUT2D eigenvalue weighted by Gasteiger charge is -2.16. The van der Waals surface area contributed by atoms with Crippen molar-refractivity contribution in [2.45, 2.75) is 12.8 Å². The van der Waals surface area contributed by atoms with Crippen LogP contribution in [0, 0.1) is 0 Å². The van der Waals surface area contributed by atoms with Crippen LogP contribution in [-0.2, 0) is 0 Å². The average molecular weight is 335 g/mol. The third kappa shape index (κ3) is 3.32. The molecule has 0 saturated carbocycles.